The Labute approximate surface area is 220 Å². The Kier molecular flexibility index (Phi) is 4.77. The maximum absolute atomic E-state index is 14.6. The molecule has 7 rings (SSSR count). The lowest BCUT2D eigenvalue weighted by Gasteiger charge is -2.51. The standard InChI is InChI=1S/C32H40O5/c1-6-19-9-12-24-22-11-8-18-7-10-21(35-5)16-23(18)26(22)31(17-32(19,24)37-28(31)34)27(33)36-25-15-20-13-14-30(25,4)29(20,2)3/h6-7,10,16,19-20,22,24-26H,1,8-9,11-15,17H2,2-5H3/t19-,20+,22-,24+,25+,26+,30+,31-,32-/m0/s1. The second kappa shape index (κ2) is 7.42. The van der Waals surface area contributed by atoms with Crippen molar-refractivity contribution in [2.75, 3.05) is 7.11 Å². The number of carbonyl (C=O) groups is 2. The van der Waals surface area contributed by atoms with Gasteiger partial charge in [0.2, 0.25) is 0 Å². The first kappa shape index (κ1) is 23.8. The lowest BCUT2D eigenvalue weighted by molar-refractivity contribution is -0.177. The Morgan fingerprint density at radius 3 is 2.65 bits per heavy atom. The zero-order chi connectivity index (χ0) is 26.0. The molecule has 0 aromatic heterocycles. The van der Waals surface area contributed by atoms with Gasteiger partial charge in [0.1, 0.15) is 17.5 Å². The lowest BCUT2D eigenvalue weighted by Crippen LogP contribution is -2.56. The number of fused-ring (bicyclic) bond motifs is 8. The molecule has 1 aromatic rings. The fourth-order valence-corrected chi connectivity index (χ4v) is 10.3. The molecule has 198 valence electrons. The van der Waals surface area contributed by atoms with Crippen LogP contribution < -0.4 is 4.74 Å². The zero-order valence-corrected chi connectivity index (χ0v) is 22.7. The van der Waals surface area contributed by atoms with E-state index in [0.29, 0.717) is 12.3 Å². The molecule has 1 aliphatic heterocycles. The minimum absolute atomic E-state index is 0.0640. The Morgan fingerprint density at radius 1 is 1.16 bits per heavy atom. The van der Waals surface area contributed by atoms with Crippen molar-refractivity contribution < 1.29 is 23.8 Å². The van der Waals surface area contributed by atoms with Crippen molar-refractivity contribution in [1.29, 1.82) is 0 Å². The Morgan fingerprint density at radius 2 is 1.97 bits per heavy atom. The van der Waals surface area contributed by atoms with Gasteiger partial charge in [-0.15, -0.1) is 6.58 Å². The summed E-state index contributed by atoms with van der Waals surface area (Å²) in [5.74, 6) is 0.893. The molecular formula is C32H40O5. The van der Waals surface area contributed by atoms with E-state index >= 15 is 0 Å². The molecule has 0 N–H and O–H groups in total. The molecule has 5 heteroatoms. The highest BCUT2D eigenvalue weighted by atomic mass is 16.6. The predicted molar refractivity (Wildman–Crippen MR) is 139 cm³/mol. The third kappa shape index (κ3) is 2.67. The Hall–Kier alpha value is -2.30. The highest BCUT2D eigenvalue weighted by Gasteiger charge is 2.77. The number of hydrogen-bond donors (Lipinski definition) is 0. The first-order chi connectivity index (χ1) is 17.6. The zero-order valence-electron chi connectivity index (χ0n) is 22.7. The van der Waals surface area contributed by atoms with Gasteiger partial charge in [-0.1, -0.05) is 32.9 Å². The van der Waals surface area contributed by atoms with Gasteiger partial charge in [-0.3, -0.25) is 9.59 Å². The van der Waals surface area contributed by atoms with Gasteiger partial charge in [0.25, 0.3) is 0 Å². The Balaban J connectivity index is 1.35. The summed E-state index contributed by atoms with van der Waals surface area (Å²) in [7, 11) is 1.67. The second-order valence-electron chi connectivity index (χ2n) is 13.8. The van der Waals surface area contributed by atoms with Gasteiger partial charge >= 0.3 is 11.9 Å². The van der Waals surface area contributed by atoms with Crippen LogP contribution in [0.3, 0.4) is 0 Å². The molecule has 5 aliphatic carbocycles. The van der Waals surface area contributed by atoms with Crippen molar-refractivity contribution in [2.24, 2.45) is 39.9 Å². The van der Waals surface area contributed by atoms with Crippen LogP contribution >= 0.6 is 0 Å². The normalized spacial score (nSPS) is 46.0. The molecule has 9 atom stereocenters. The van der Waals surface area contributed by atoms with Crippen LogP contribution in [-0.2, 0) is 25.5 Å². The summed E-state index contributed by atoms with van der Waals surface area (Å²) in [5, 5.41) is 0. The largest absolute Gasteiger partial charge is 0.497 e. The number of hydrogen-bond acceptors (Lipinski definition) is 5. The monoisotopic (exact) mass is 504 g/mol. The van der Waals surface area contributed by atoms with E-state index < -0.39 is 11.0 Å². The van der Waals surface area contributed by atoms with Crippen molar-refractivity contribution in [1.82, 2.24) is 0 Å². The molecule has 1 heterocycles. The van der Waals surface area contributed by atoms with Crippen molar-refractivity contribution in [3.63, 3.8) is 0 Å². The van der Waals surface area contributed by atoms with Gasteiger partial charge in [0.05, 0.1) is 7.11 Å². The van der Waals surface area contributed by atoms with E-state index in [9.17, 15) is 9.59 Å². The smallest absolute Gasteiger partial charge is 0.324 e. The molecule has 0 radical (unpaired) electrons. The van der Waals surface area contributed by atoms with E-state index in [0.717, 1.165) is 49.8 Å². The third-order valence-electron chi connectivity index (χ3n) is 12.8. The van der Waals surface area contributed by atoms with E-state index in [-0.39, 0.29) is 52.5 Å². The lowest BCUT2D eigenvalue weighted by atomic mass is 9.50. The number of esters is 2. The number of aryl methyl sites for hydroxylation is 1. The SMILES string of the molecule is C=C[C@H]1CC[C@@H]2[C@@H]3CCc4ccc(OC)cc4[C@@H]3[C@]3(C(=O)O[C@@H]4C[C@H]5CC[C@@]4(C)C5(C)C)C[C@@]21OC3=O. The molecule has 5 fully saturated rings. The average molecular weight is 505 g/mol. The molecule has 4 bridgehead atoms. The highest BCUT2D eigenvalue weighted by Crippen LogP contribution is 2.71. The van der Waals surface area contributed by atoms with Crippen LogP contribution in [0.15, 0.2) is 30.9 Å². The fourth-order valence-electron chi connectivity index (χ4n) is 10.3. The molecule has 37 heavy (non-hydrogen) atoms. The quantitative estimate of drug-likeness (QED) is 0.286. The number of carbonyl (C=O) groups excluding carboxylic acids is 2. The summed E-state index contributed by atoms with van der Waals surface area (Å²) < 4.78 is 18.6. The molecule has 1 saturated heterocycles. The summed E-state index contributed by atoms with van der Waals surface area (Å²) >= 11 is 0. The van der Waals surface area contributed by atoms with Crippen LogP contribution in [0.25, 0.3) is 0 Å². The summed E-state index contributed by atoms with van der Waals surface area (Å²) in [4.78, 5) is 28.8. The minimum Gasteiger partial charge on any atom is -0.497 e. The minimum atomic E-state index is -1.31. The van der Waals surface area contributed by atoms with Crippen molar-refractivity contribution in [3.05, 3.63) is 42.0 Å². The molecule has 1 aromatic carbocycles. The van der Waals surface area contributed by atoms with E-state index in [1.807, 2.05) is 12.1 Å². The summed E-state index contributed by atoms with van der Waals surface area (Å²) in [5.41, 5.74) is 0.418. The van der Waals surface area contributed by atoms with E-state index in [4.69, 9.17) is 14.2 Å². The fraction of sp³-hybridized carbons (Fsp3) is 0.688. The Bertz CT molecular complexity index is 1200. The van der Waals surface area contributed by atoms with Crippen LogP contribution in [0, 0.1) is 39.9 Å². The van der Waals surface area contributed by atoms with E-state index in [1.54, 1.807) is 7.11 Å². The molecule has 0 amide bonds. The van der Waals surface area contributed by atoms with Gasteiger partial charge in [0, 0.05) is 29.6 Å². The maximum atomic E-state index is 14.6. The highest BCUT2D eigenvalue weighted by molar-refractivity contribution is 6.04. The predicted octanol–water partition coefficient (Wildman–Crippen LogP) is 6.00. The van der Waals surface area contributed by atoms with Crippen LogP contribution in [0.1, 0.15) is 82.8 Å². The molecule has 5 nitrogen and oxygen atoms in total. The van der Waals surface area contributed by atoms with E-state index in [1.165, 1.54) is 12.0 Å². The van der Waals surface area contributed by atoms with Gasteiger partial charge in [-0.2, -0.15) is 0 Å². The van der Waals surface area contributed by atoms with Crippen LogP contribution in [-0.4, -0.2) is 30.8 Å². The van der Waals surface area contributed by atoms with Gasteiger partial charge in [-0.25, -0.2) is 0 Å². The number of rotatable bonds is 4. The van der Waals surface area contributed by atoms with Gasteiger partial charge in [-0.05, 0) is 85.5 Å². The molecule has 4 saturated carbocycles. The third-order valence-corrected chi connectivity index (χ3v) is 12.8. The summed E-state index contributed by atoms with van der Waals surface area (Å²) in [6.07, 6.45) is 9.23. The van der Waals surface area contributed by atoms with E-state index in [2.05, 4.69) is 39.5 Å². The average Bonchev–Trinajstić information content (AvgIpc) is 3.51. The molecule has 1 spiro atoms. The summed E-state index contributed by atoms with van der Waals surface area (Å²) in [6, 6.07) is 6.18. The molecular weight excluding hydrogens is 464 g/mol. The van der Waals surface area contributed by atoms with Crippen molar-refractivity contribution in [2.45, 2.75) is 89.8 Å². The molecule has 0 unspecified atom stereocenters. The van der Waals surface area contributed by atoms with Crippen LogP contribution in [0.4, 0.5) is 0 Å². The van der Waals surface area contributed by atoms with Crippen LogP contribution in [0.2, 0.25) is 0 Å². The first-order valence-electron chi connectivity index (χ1n) is 14.4. The van der Waals surface area contributed by atoms with Gasteiger partial charge in [0.15, 0.2) is 5.41 Å². The van der Waals surface area contributed by atoms with Crippen molar-refractivity contribution >= 4 is 11.9 Å². The summed E-state index contributed by atoms with van der Waals surface area (Å²) in [6.45, 7) is 11.1. The van der Waals surface area contributed by atoms with Gasteiger partial charge < -0.3 is 14.2 Å². The number of methoxy groups -OCH3 is 1. The second-order valence-corrected chi connectivity index (χ2v) is 13.8. The van der Waals surface area contributed by atoms with Crippen molar-refractivity contribution in [3.8, 4) is 5.75 Å². The first-order valence-corrected chi connectivity index (χ1v) is 14.4. The van der Waals surface area contributed by atoms with Crippen LogP contribution in [0.5, 0.6) is 5.75 Å². The molecule has 6 aliphatic rings. The maximum Gasteiger partial charge on any atom is 0.324 e. The topological polar surface area (TPSA) is 61.8 Å². The number of ether oxygens (including phenoxy) is 3. The number of benzene rings is 1.